The van der Waals surface area contributed by atoms with E-state index in [1.54, 1.807) is 0 Å². The number of hydrogen-bond acceptors (Lipinski definition) is 3. The van der Waals surface area contributed by atoms with Crippen molar-refractivity contribution in [1.82, 2.24) is 10.2 Å². The van der Waals surface area contributed by atoms with Crippen LogP contribution in [-0.4, -0.2) is 48.8 Å². The molecule has 1 saturated carbocycles. The van der Waals surface area contributed by atoms with Crippen molar-refractivity contribution in [3.8, 4) is 0 Å². The van der Waals surface area contributed by atoms with Crippen molar-refractivity contribution in [2.24, 2.45) is 5.41 Å². The zero-order chi connectivity index (χ0) is 11.6. The molecule has 1 aliphatic heterocycles. The number of aliphatic hydroxyl groups is 1. The van der Waals surface area contributed by atoms with E-state index in [4.69, 9.17) is 0 Å². The fourth-order valence-corrected chi connectivity index (χ4v) is 2.89. The molecule has 94 valence electrons. The van der Waals surface area contributed by atoms with E-state index in [1.165, 1.54) is 32.4 Å². The Labute approximate surface area is 99.2 Å². The average Bonchev–Trinajstić information content (AvgIpc) is 2.67. The summed E-state index contributed by atoms with van der Waals surface area (Å²) in [5.41, 5.74) is 0.439. The largest absolute Gasteiger partial charge is 0.392 e. The molecule has 0 aromatic rings. The van der Waals surface area contributed by atoms with Crippen molar-refractivity contribution in [2.75, 3.05) is 26.7 Å². The van der Waals surface area contributed by atoms with Gasteiger partial charge in [0.25, 0.3) is 0 Å². The monoisotopic (exact) mass is 226 g/mol. The first-order chi connectivity index (χ1) is 7.59. The number of hydrogen-bond donors (Lipinski definition) is 2. The molecule has 2 N–H and O–H groups in total. The highest BCUT2D eigenvalue weighted by Crippen LogP contribution is 2.30. The molecule has 0 aromatic heterocycles. The van der Waals surface area contributed by atoms with Crippen LogP contribution in [0, 0.1) is 5.41 Å². The Balaban J connectivity index is 1.76. The molecular formula is C13H26N2O. The van der Waals surface area contributed by atoms with Crippen LogP contribution >= 0.6 is 0 Å². The third-order valence-corrected chi connectivity index (χ3v) is 4.46. The van der Waals surface area contributed by atoms with E-state index < -0.39 is 0 Å². The summed E-state index contributed by atoms with van der Waals surface area (Å²) >= 11 is 0. The van der Waals surface area contributed by atoms with E-state index in [0.29, 0.717) is 11.5 Å². The maximum absolute atomic E-state index is 9.77. The fraction of sp³-hybridized carbons (Fsp3) is 1.00. The van der Waals surface area contributed by atoms with Crippen molar-refractivity contribution < 1.29 is 5.11 Å². The molecular weight excluding hydrogens is 200 g/mol. The van der Waals surface area contributed by atoms with E-state index in [9.17, 15) is 5.11 Å². The van der Waals surface area contributed by atoms with Crippen LogP contribution in [-0.2, 0) is 0 Å². The number of nitrogens with zero attached hydrogens (tertiary/aromatic N) is 1. The summed E-state index contributed by atoms with van der Waals surface area (Å²) < 4.78 is 0. The van der Waals surface area contributed by atoms with Crippen molar-refractivity contribution in [3.05, 3.63) is 0 Å². The van der Waals surface area contributed by atoms with Crippen molar-refractivity contribution >= 4 is 0 Å². The summed E-state index contributed by atoms with van der Waals surface area (Å²) in [4.78, 5) is 2.41. The Kier molecular flexibility index (Phi) is 3.88. The standard InChI is InChI=1S/C13H26N2O/c1-13(6-8-15(2)9-7-13)10-14-11-4-3-5-12(11)16/h11-12,14,16H,3-10H2,1-2H3/t11-,12-/m0/s1. The first kappa shape index (κ1) is 12.3. The molecule has 0 amide bonds. The molecule has 1 aliphatic carbocycles. The van der Waals surface area contributed by atoms with E-state index in [-0.39, 0.29) is 6.10 Å². The van der Waals surface area contributed by atoms with Gasteiger partial charge in [0, 0.05) is 12.6 Å². The first-order valence-corrected chi connectivity index (χ1v) is 6.69. The predicted molar refractivity (Wildman–Crippen MR) is 66.5 cm³/mol. The number of rotatable bonds is 3. The molecule has 0 spiro atoms. The Morgan fingerprint density at radius 1 is 1.31 bits per heavy atom. The highest BCUT2D eigenvalue weighted by molar-refractivity contribution is 4.88. The van der Waals surface area contributed by atoms with Gasteiger partial charge in [-0.2, -0.15) is 0 Å². The molecule has 0 aromatic carbocycles. The molecule has 1 saturated heterocycles. The zero-order valence-electron chi connectivity index (χ0n) is 10.7. The van der Waals surface area contributed by atoms with E-state index in [0.717, 1.165) is 19.4 Å². The summed E-state index contributed by atoms with van der Waals surface area (Å²) in [5.74, 6) is 0. The van der Waals surface area contributed by atoms with Gasteiger partial charge in [-0.3, -0.25) is 0 Å². The normalized spacial score (nSPS) is 35.4. The lowest BCUT2D eigenvalue weighted by Gasteiger charge is -2.39. The van der Waals surface area contributed by atoms with Crippen molar-refractivity contribution in [1.29, 1.82) is 0 Å². The third-order valence-electron chi connectivity index (χ3n) is 4.46. The number of nitrogens with one attached hydrogen (secondary N) is 1. The second-order valence-corrected chi connectivity index (χ2v) is 6.10. The molecule has 1 heterocycles. The smallest absolute Gasteiger partial charge is 0.0693 e. The summed E-state index contributed by atoms with van der Waals surface area (Å²) in [6, 6.07) is 0.358. The summed E-state index contributed by atoms with van der Waals surface area (Å²) in [5, 5.41) is 13.4. The van der Waals surface area contributed by atoms with Crippen LogP contribution in [0.5, 0.6) is 0 Å². The Morgan fingerprint density at radius 2 is 2.00 bits per heavy atom. The van der Waals surface area contributed by atoms with Crippen LogP contribution in [0.3, 0.4) is 0 Å². The van der Waals surface area contributed by atoms with Crippen LogP contribution in [0.4, 0.5) is 0 Å². The maximum atomic E-state index is 9.77. The lowest BCUT2D eigenvalue weighted by Crippen LogP contribution is -2.46. The van der Waals surface area contributed by atoms with Crippen molar-refractivity contribution in [3.63, 3.8) is 0 Å². The molecule has 3 heteroatoms. The van der Waals surface area contributed by atoms with Gasteiger partial charge in [0.05, 0.1) is 6.10 Å². The maximum Gasteiger partial charge on any atom is 0.0693 e. The van der Waals surface area contributed by atoms with Crippen LogP contribution in [0.1, 0.15) is 39.0 Å². The topological polar surface area (TPSA) is 35.5 Å². The Morgan fingerprint density at radius 3 is 2.56 bits per heavy atom. The van der Waals surface area contributed by atoms with Gasteiger partial charge in [-0.1, -0.05) is 6.92 Å². The van der Waals surface area contributed by atoms with Gasteiger partial charge in [-0.15, -0.1) is 0 Å². The van der Waals surface area contributed by atoms with Crippen molar-refractivity contribution in [2.45, 2.75) is 51.2 Å². The highest BCUT2D eigenvalue weighted by Gasteiger charge is 2.31. The van der Waals surface area contributed by atoms with Gasteiger partial charge in [0.15, 0.2) is 0 Å². The number of aliphatic hydroxyl groups excluding tert-OH is 1. The number of piperidine rings is 1. The van der Waals surface area contributed by atoms with Crippen LogP contribution in [0.15, 0.2) is 0 Å². The number of likely N-dealkylation sites (tertiary alicyclic amines) is 1. The van der Waals surface area contributed by atoms with Gasteiger partial charge in [0.2, 0.25) is 0 Å². The SMILES string of the molecule is CN1CCC(C)(CN[C@H]2CCC[C@@H]2O)CC1. The Bertz CT molecular complexity index is 224. The molecule has 16 heavy (non-hydrogen) atoms. The summed E-state index contributed by atoms with van der Waals surface area (Å²) in [6.45, 7) is 5.88. The molecule has 0 bridgehead atoms. The quantitative estimate of drug-likeness (QED) is 0.759. The second kappa shape index (κ2) is 5.03. The lowest BCUT2D eigenvalue weighted by molar-refractivity contribution is 0.110. The average molecular weight is 226 g/mol. The zero-order valence-corrected chi connectivity index (χ0v) is 10.7. The van der Waals surface area contributed by atoms with E-state index >= 15 is 0 Å². The first-order valence-electron chi connectivity index (χ1n) is 6.69. The summed E-state index contributed by atoms with van der Waals surface area (Å²) in [7, 11) is 2.20. The van der Waals surface area contributed by atoms with Gasteiger partial charge in [-0.05, 0) is 57.7 Å². The Hall–Kier alpha value is -0.120. The van der Waals surface area contributed by atoms with Crippen LogP contribution in [0.2, 0.25) is 0 Å². The third kappa shape index (κ3) is 2.96. The molecule has 2 rings (SSSR count). The van der Waals surface area contributed by atoms with Gasteiger partial charge in [0.1, 0.15) is 0 Å². The molecule has 2 aliphatic rings. The fourth-order valence-electron chi connectivity index (χ4n) is 2.89. The van der Waals surface area contributed by atoms with Gasteiger partial charge < -0.3 is 15.3 Å². The van der Waals surface area contributed by atoms with Crippen LogP contribution in [0.25, 0.3) is 0 Å². The minimum absolute atomic E-state index is 0.102. The molecule has 2 fully saturated rings. The molecule has 0 unspecified atom stereocenters. The van der Waals surface area contributed by atoms with Gasteiger partial charge >= 0.3 is 0 Å². The van der Waals surface area contributed by atoms with E-state index in [2.05, 4.69) is 24.2 Å². The van der Waals surface area contributed by atoms with Gasteiger partial charge in [-0.25, -0.2) is 0 Å². The van der Waals surface area contributed by atoms with Crippen LogP contribution < -0.4 is 5.32 Å². The lowest BCUT2D eigenvalue weighted by atomic mass is 9.80. The second-order valence-electron chi connectivity index (χ2n) is 6.10. The molecule has 2 atom stereocenters. The molecule has 3 nitrogen and oxygen atoms in total. The van der Waals surface area contributed by atoms with E-state index in [1.807, 2.05) is 0 Å². The minimum Gasteiger partial charge on any atom is -0.392 e. The predicted octanol–water partition coefficient (Wildman–Crippen LogP) is 1.22. The molecule has 0 radical (unpaired) electrons. The summed E-state index contributed by atoms with van der Waals surface area (Å²) in [6.07, 6.45) is 5.76. The highest BCUT2D eigenvalue weighted by atomic mass is 16.3. The minimum atomic E-state index is -0.102.